The van der Waals surface area contributed by atoms with Gasteiger partial charge in [-0.15, -0.1) is 39.5 Å². The van der Waals surface area contributed by atoms with Gasteiger partial charge in [0.25, 0.3) is 0 Å². The third kappa shape index (κ3) is 6.22. The van der Waals surface area contributed by atoms with Crippen LogP contribution in [0.4, 0.5) is 39.5 Å². The maximum absolute atomic E-state index is 12.4. The lowest BCUT2D eigenvalue weighted by atomic mass is 10.1. The third-order valence-electron chi connectivity index (χ3n) is 2.24. The predicted octanol–water partition coefficient (Wildman–Crippen LogP) is 4.40. The van der Waals surface area contributed by atoms with E-state index in [2.05, 4.69) is 14.2 Å². The van der Waals surface area contributed by atoms with Crippen LogP contribution in [0.15, 0.2) is 12.1 Å². The Labute approximate surface area is 127 Å². The summed E-state index contributed by atoms with van der Waals surface area (Å²) in [6.07, 6.45) is -16.3. The summed E-state index contributed by atoms with van der Waals surface area (Å²) in [5.41, 5.74) is 4.15. The van der Waals surface area contributed by atoms with Crippen LogP contribution >= 0.6 is 0 Å². The van der Waals surface area contributed by atoms with Crippen molar-refractivity contribution >= 4 is 0 Å². The number of nitrogens with two attached hydrogens (primary N) is 1. The minimum absolute atomic E-state index is 0.182. The number of rotatable bonds is 4. The maximum atomic E-state index is 12.4. The van der Waals surface area contributed by atoms with E-state index in [9.17, 15) is 39.5 Å². The second kappa shape index (κ2) is 6.45. The van der Waals surface area contributed by atoms with Gasteiger partial charge in [-0.1, -0.05) is 0 Å². The lowest BCUT2D eigenvalue weighted by Gasteiger charge is -2.22. The molecule has 0 aliphatic carbocycles. The van der Waals surface area contributed by atoms with Crippen molar-refractivity contribution in [1.29, 1.82) is 0 Å². The first kappa shape index (κ1) is 20.0. The highest BCUT2D eigenvalue weighted by Gasteiger charge is 2.40. The average molecular weight is 373 g/mol. The van der Waals surface area contributed by atoms with Crippen LogP contribution in [-0.2, 0) is 0 Å². The van der Waals surface area contributed by atoms with Crippen LogP contribution in [0.5, 0.6) is 17.2 Å². The van der Waals surface area contributed by atoms with Crippen molar-refractivity contribution < 1.29 is 53.7 Å². The summed E-state index contributed by atoms with van der Waals surface area (Å²) in [4.78, 5) is 0. The van der Waals surface area contributed by atoms with Crippen molar-refractivity contribution in [1.82, 2.24) is 0 Å². The van der Waals surface area contributed by atoms with Gasteiger partial charge in [-0.05, 0) is 19.1 Å². The largest absolute Gasteiger partial charge is 0.573 e. The summed E-state index contributed by atoms with van der Waals surface area (Å²) in [7, 11) is 0. The van der Waals surface area contributed by atoms with Crippen LogP contribution in [0, 0.1) is 0 Å². The topological polar surface area (TPSA) is 53.7 Å². The molecule has 0 aliphatic rings. The van der Waals surface area contributed by atoms with E-state index >= 15 is 0 Å². The third-order valence-corrected chi connectivity index (χ3v) is 2.24. The molecular weight excluding hydrogens is 365 g/mol. The van der Waals surface area contributed by atoms with E-state index in [1.165, 1.54) is 0 Å². The minimum Gasteiger partial charge on any atom is -0.405 e. The molecule has 0 aliphatic heterocycles. The molecule has 0 amide bonds. The normalized spacial score (nSPS) is 14.3. The average Bonchev–Trinajstić information content (AvgIpc) is 2.26. The van der Waals surface area contributed by atoms with Crippen LogP contribution in [-0.4, -0.2) is 19.1 Å². The van der Waals surface area contributed by atoms with Gasteiger partial charge in [-0.2, -0.15) is 0 Å². The Kier molecular flexibility index (Phi) is 5.38. The molecule has 0 aromatic heterocycles. The fourth-order valence-electron chi connectivity index (χ4n) is 1.63. The molecule has 0 bridgehead atoms. The van der Waals surface area contributed by atoms with Crippen LogP contribution in [0.2, 0.25) is 0 Å². The second-order valence-corrected chi connectivity index (χ2v) is 4.24. The van der Waals surface area contributed by atoms with E-state index in [-0.39, 0.29) is 6.07 Å². The maximum Gasteiger partial charge on any atom is 0.573 e. The molecule has 138 valence electrons. The molecular formula is C11H8F9NO3. The molecule has 0 saturated carbocycles. The van der Waals surface area contributed by atoms with E-state index < -0.39 is 47.9 Å². The molecule has 4 nitrogen and oxygen atoms in total. The van der Waals surface area contributed by atoms with E-state index in [0.29, 0.717) is 6.07 Å². The highest BCUT2D eigenvalue weighted by Crippen LogP contribution is 2.45. The highest BCUT2D eigenvalue weighted by atomic mass is 19.4. The Bertz CT molecular complexity index is 578. The molecule has 24 heavy (non-hydrogen) atoms. The second-order valence-electron chi connectivity index (χ2n) is 4.24. The number of ether oxygens (including phenoxy) is 3. The van der Waals surface area contributed by atoms with Gasteiger partial charge in [0, 0.05) is 6.04 Å². The smallest absolute Gasteiger partial charge is 0.405 e. The Hall–Kier alpha value is -2.05. The summed E-state index contributed by atoms with van der Waals surface area (Å²) in [6.45, 7) is 0.916. The quantitative estimate of drug-likeness (QED) is 0.795. The standard InChI is InChI=1S/C11H8F9NO3/c1-4(21)7-5(22-9(12,13)14)2-3-6(23-10(15,16)17)8(7)24-11(18,19)20/h2-4H,21H2,1H3. The molecule has 1 rings (SSSR count). The molecule has 1 atom stereocenters. The summed E-state index contributed by atoms with van der Waals surface area (Å²) in [5.74, 6) is -4.47. The summed E-state index contributed by atoms with van der Waals surface area (Å²) in [6, 6.07) is -1.10. The van der Waals surface area contributed by atoms with Gasteiger partial charge in [0.15, 0.2) is 11.5 Å². The molecule has 1 aromatic rings. The zero-order valence-electron chi connectivity index (χ0n) is 11.4. The van der Waals surface area contributed by atoms with Gasteiger partial charge >= 0.3 is 19.1 Å². The number of hydrogen-bond donors (Lipinski definition) is 1. The number of halogens is 9. The molecule has 1 aromatic carbocycles. The summed E-state index contributed by atoms with van der Waals surface area (Å²) >= 11 is 0. The zero-order valence-corrected chi connectivity index (χ0v) is 11.4. The first-order valence-corrected chi connectivity index (χ1v) is 5.79. The minimum atomic E-state index is -5.52. The van der Waals surface area contributed by atoms with E-state index in [1.54, 1.807) is 0 Å². The molecule has 0 spiro atoms. The van der Waals surface area contributed by atoms with Crippen molar-refractivity contribution in [3.05, 3.63) is 17.7 Å². The van der Waals surface area contributed by atoms with Crippen molar-refractivity contribution in [2.24, 2.45) is 5.73 Å². The molecule has 0 radical (unpaired) electrons. The number of alkyl halides is 9. The molecule has 2 N–H and O–H groups in total. The first-order valence-electron chi connectivity index (χ1n) is 5.79. The van der Waals surface area contributed by atoms with E-state index in [4.69, 9.17) is 5.73 Å². The van der Waals surface area contributed by atoms with Gasteiger partial charge in [0.05, 0.1) is 5.56 Å². The SMILES string of the molecule is CC(N)c1c(OC(F)(F)F)ccc(OC(F)(F)F)c1OC(F)(F)F. The monoisotopic (exact) mass is 373 g/mol. The van der Waals surface area contributed by atoms with Crippen molar-refractivity contribution in [3.8, 4) is 17.2 Å². The van der Waals surface area contributed by atoms with E-state index in [1.807, 2.05) is 0 Å². The zero-order chi connectivity index (χ0) is 18.9. The Morgan fingerprint density at radius 3 is 1.50 bits per heavy atom. The van der Waals surface area contributed by atoms with Gasteiger partial charge in [-0.3, -0.25) is 0 Å². The molecule has 0 fully saturated rings. The fraction of sp³-hybridized carbons (Fsp3) is 0.455. The van der Waals surface area contributed by atoms with Crippen molar-refractivity contribution in [3.63, 3.8) is 0 Å². The molecule has 0 heterocycles. The fourth-order valence-corrected chi connectivity index (χ4v) is 1.63. The Morgan fingerprint density at radius 2 is 1.12 bits per heavy atom. The lowest BCUT2D eigenvalue weighted by Crippen LogP contribution is -2.25. The molecule has 0 saturated heterocycles. The van der Waals surface area contributed by atoms with E-state index in [0.717, 1.165) is 6.92 Å². The van der Waals surface area contributed by atoms with Crippen LogP contribution < -0.4 is 19.9 Å². The summed E-state index contributed by atoms with van der Waals surface area (Å²) in [5, 5.41) is 0. The van der Waals surface area contributed by atoms with Gasteiger partial charge in [0.2, 0.25) is 0 Å². The number of benzene rings is 1. The van der Waals surface area contributed by atoms with Crippen LogP contribution in [0.3, 0.4) is 0 Å². The van der Waals surface area contributed by atoms with Crippen molar-refractivity contribution in [2.75, 3.05) is 0 Å². The lowest BCUT2D eigenvalue weighted by molar-refractivity contribution is -0.288. The Morgan fingerprint density at radius 1 is 0.750 bits per heavy atom. The van der Waals surface area contributed by atoms with Crippen molar-refractivity contribution in [2.45, 2.75) is 32.1 Å². The highest BCUT2D eigenvalue weighted by molar-refractivity contribution is 5.55. The molecule has 1 unspecified atom stereocenters. The predicted molar refractivity (Wildman–Crippen MR) is 59.1 cm³/mol. The van der Waals surface area contributed by atoms with Gasteiger partial charge in [-0.25, -0.2) is 0 Å². The Balaban J connectivity index is 3.55. The first-order chi connectivity index (χ1) is 10.6. The van der Waals surface area contributed by atoms with Crippen LogP contribution in [0.1, 0.15) is 18.5 Å². The van der Waals surface area contributed by atoms with Gasteiger partial charge in [0.1, 0.15) is 5.75 Å². The molecule has 13 heteroatoms. The van der Waals surface area contributed by atoms with Gasteiger partial charge < -0.3 is 19.9 Å². The van der Waals surface area contributed by atoms with Crippen LogP contribution in [0.25, 0.3) is 0 Å². The number of hydrogen-bond acceptors (Lipinski definition) is 4. The summed E-state index contributed by atoms with van der Waals surface area (Å²) < 4.78 is 121.